The minimum Gasteiger partial charge on any atom is -0.484 e. The van der Waals surface area contributed by atoms with Crippen LogP contribution in [0.3, 0.4) is 0 Å². The summed E-state index contributed by atoms with van der Waals surface area (Å²) in [5.41, 5.74) is 3.85. The maximum Gasteiger partial charge on any atom is 0.260 e. The lowest BCUT2D eigenvalue weighted by molar-refractivity contribution is -0.134. The number of nitrogens with zero attached hydrogens (tertiary/aromatic N) is 2. The first-order valence-corrected chi connectivity index (χ1v) is 11.0. The molecule has 1 N–H and O–H groups in total. The third kappa shape index (κ3) is 5.19. The highest BCUT2D eigenvalue weighted by atomic mass is 16.5. The van der Waals surface area contributed by atoms with Crippen LogP contribution in [0.5, 0.6) is 5.75 Å². The summed E-state index contributed by atoms with van der Waals surface area (Å²) in [5.74, 6) is 0.649. The third-order valence-corrected chi connectivity index (χ3v) is 5.90. The van der Waals surface area contributed by atoms with Crippen LogP contribution in [0, 0.1) is 13.8 Å². The molecule has 0 unspecified atom stereocenters. The van der Waals surface area contributed by atoms with Gasteiger partial charge < -0.3 is 19.5 Å². The quantitative estimate of drug-likeness (QED) is 0.644. The van der Waals surface area contributed by atoms with Gasteiger partial charge in [0.2, 0.25) is 0 Å². The van der Waals surface area contributed by atoms with E-state index in [0.29, 0.717) is 18.7 Å². The van der Waals surface area contributed by atoms with E-state index < -0.39 is 0 Å². The number of benzene rings is 2. The Balaban J connectivity index is 1.23. The molecule has 1 saturated heterocycles. The van der Waals surface area contributed by atoms with Crippen LogP contribution in [-0.4, -0.2) is 47.0 Å². The van der Waals surface area contributed by atoms with Crippen LogP contribution in [-0.2, 0) is 4.79 Å². The predicted octanol–water partition coefficient (Wildman–Crippen LogP) is 3.89. The smallest absolute Gasteiger partial charge is 0.260 e. The molecular weight excluding hydrogens is 402 g/mol. The fourth-order valence-electron chi connectivity index (χ4n) is 4.03. The summed E-state index contributed by atoms with van der Waals surface area (Å²) in [6.07, 6.45) is 5.42. The standard InChI is InChI=1S/C26H29N3O3/c1-19-5-10-24(20(2)17-19)32-18-25(30)29-15-11-22(12-16-29)27-26(31)21-6-8-23(9-7-21)28-13-3-4-14-28/h3-10,13-14,17,22H,11-12,15-16,18H2,1-2H3,(H,27,31). The van der Waals surface area contributed by atoms with Gasteiger partial charge in [0.25, 0.3) is 11.8 Å². The summed E-state index contributed by atoms with van der Waals surface area (Å²) < 4.78 is 7.73. The molecule has 6 heteroatoms. The second-order valence-corrected chi connectivity index (χ2v) is 8.32. The van der Waals surface area contributed by atoms with Crippen molar-refractivity contribution < 1.29 is 14.3 Å². The maximum atomic E-state index is 12.6. The first-order chi connectivity index (χ1) is 15.5. The van der Waals surface area contributed by atoms with Gasteiger partial charge in [0.1, 0.15) is 5.75 Å². The van der Waals surface area contributed by atoms with Crippen LogP contribution >= 0.6 is 0 Å². The lowest BCUT2D eigenvalue weighted by Crippen LogP contribution is -2.47. The van der Waals surface area contributed by atoms with Crippen LogP contribution in [0.2, 0.25) is 0 Å². The topological polar surface area (TPSA) is 63.6 Å². The first-order valence-electron chi connectivity index (χ1n) is 11.0. The highest BCUT2D eigenvalue weighted by Gasteiger charge is 2.24. The number of aryl methyl sites for hydroxylation is 2. The van der Waals surface area contributed by atoms with Crippen LogP contribution in [0.25, 0.3) is 5.69 Å². The van der Waals surface area contributed by atoms with E-state index in [1.807, 2.05) is 90.3 Å². The Kier molecular flexibility index (Phi) is 6.59. The minimum atomic E-state index is -0.0768. The van der Waals surface area contributed by atoms with Gasteiger partial charge in [-0.15, -0.1) is 0 Å². The Morgan fingerprint density at radius 2 is 1.69 bits per heavy atom. The molecule has 2 aromatic carbocycles. The Labute approximate surface area is 188 Å². The van der Waals surface area contributed by atoms with E-state index in [2.05, 4.69) is 5.32 Å². The summed E-state index contributed by atoms with van der Waals surface area (Å²) in [6, 6.07) is 17.5. The number of likely N-dealkylation sites (tertiary alicyclic amines) is 1. The lowest BCUT2D eigenvalue weighted by Gasteiger charge is -2.32. The molecule has 1 aliphatic rings. The third-order valence-electron chi connectivity index (χ3n) is 5.90. The van der Waals surface area contributed by atoms with Crippen LogP contribution in [0.4, 0.5) is 0 Å². The summed E-state index contributed by atoms with van der Waals surface area (Å²) >= 11 is 0. The Bertz CT molecular complexity index is 1070. The second kappa shape index (κ2) is 9.73. The minimum absolute atomic E-state index is 0.0182. The SMILES string of the molecule is Cc1ccc(OCC(=O)N2CCC(NC(=O)c3ccc(-n4cccc4)cc3)CC2)c(C)c1. The van der Waals surface area contributed by atoms with Crippen molar-refractivity contribution in [3.05, 3.63) is 83.7 Å². The molecule has 6 nitrogen and oxygen atoms in total. The van der Waals surface area contributed by atoms with E-state index in [1.165, 1.54) is 5.56 Å². The van der Waals surface area contributed by atoms with E-state index in [-0.39, 0.29) is 24.5 Å². The normalized spacial score (nSPS) is 14.2. The van der Waals surface area contributed by atoms with Gasteiger partial charge in [-0.2, -0.15) is 0 Å². The number of hydrogen-bond acceptors (Lipinski definition) is 3. The van der Waals surface area contributed by atoms with Crippen molar-refractivity contribution in [2.75, 3.05) is 19.7 Å². The Hall–Kier alpha value is -3.54. The molecule has 4 rings (SSSR count). The molecule has 3 aromatic rings. The summed E-state index contributed by atoms with van der Waals surface area (Å²) in [4.78, 5) is 27.0. The van der Waals surface area contributed by atoms with Gasteiger partial charge in [-0.3, -0.25) is 9.59 Å². The molecule has 1 fully saturated rings. The van der Waals surface area contributed by atoms with Crippen LogP contribution in [0.1, 0.15) is 34.3 Å². The number of amides is 2. The van der Waals surface area contributed by atoms with Crippen molar-refractivity contribution in [1.82, 2.24) is 14.8 Å². The molecule has 1 aromatic heterocycles. The van der Waals surface area contributed by atoms with Crippen molar-refractivity contribution in [1.29, 1.82) is 0 Å². The van der Waals surface area contributed by atoms with Crippen molar-refractivity contribution in [2.45, 2.75) is 32.7 Å². The van der Waals surface area contributed by atoms with Gasteiger partial charge >= 0.3 is 0 Å². The molecule has 2 heterocycles. The zero-order valence-electron chi connectivity index (χ0n) is 18.6. The Morgan fingerprint density at radius 1 is 1.00 bits per heavy atom. The van der Waals surface area contributed by atoms with Crippen molar-refractivity contribution in [3.8, 4) is 11.4 Å². The van der Waals surface area contributed by atoms with Crippen LogP contribution < -0.4 is 10.1 Å². The molecule has 32 heavy (non-hydrogen) atoms. The average Bonchev–Trinajstić information content (AvgIpc) is 3.34. The van der Waals surface area contributed by atoms with E-state index in [1.54, 1.807) is 0 Å². The fraction of sp³-hybridized carbons (Fsp3) is 0.308. The summed E-state index contributed by atoms with van der Waals surface area (Å²) in [5, 5.41) is 3.10. The van der Waals surface area contributed by atoms with Gasteiger partial charge in [-0.25, -0.2) is 0 Å². The van der Waals surface area contributed by atoms with E-state index in [4.69, 9.17) is 4.74 Å². The highest BCUT2D eigenvalue weighted by molar-refractivity contribution is 5.94. The van der Waals surface area contributed by atoms with Gasteiger partial charge in [0.15, 0.2) is 6.61 Å². The van der Waals surface area contributed by atoms with E-state index >= 15 is 0 Å². The lowest BCUT2D eigenvalue weighted by atomic mass is 10.0. The number of piperidine rings is 1. The number of rotatable bonds is 6. The zero-order chi connectivity index (χ0) is 22.5. The molecule has 0 spiro atoms. The van der Waals surface area contributed by atoms with Gasteiger partial charge in [-0.1, -0.05) is 17.7 Å². The number of ether oxygens (including phenoxy) is 1. The molecule has 1 aliphatic heterocycles. The van der Waals surface area contributed by atoms with Crippen molar-refractivity contribution in [3.63, 3.8) is 0 Å². The van der Waals surface area contributed by atoms with Crippen molar-refractivity contribution >= 4 is 11.8 Å². The van der Waals surface area contributed by atoms with Gasteiger partial charge in [0, 0.05) is 42.8 Å². The molecular formula is C26H29N3O3. The van der Waals surface area contributed by atoms with E-state index in [9.17, 15) is 9.59 Å². The average molecular weight is 432 g/mol. The largest absolute Gasteiger partial charge is 0.484 e. The zero-order valence-corrected chi connectivity index (χ0v) is 18.6. The summed E-state index contributed by atoms with van der Waals surface area (Å²) in [7, 11) is 0. The second-order valence-electron chi connectivity index (χ2n) is 8.32. The predicted molar refractivity (Wildman–Crippen MR) is 124 cm³/mol. The number of hydrogen-bond donors (Lipinski definition) is 1. The Morgan fingerprint density at radius 3 is 2.34 bits per heavy atom. The summed E-state index contributed by atoms with van der Waals surface area (Å²) in [6.45, 7) is 5.28. The maximum absolute atomic E-state index is 12.6. The molecule has 2 amide bonds. The molecule has 0 radical (unpaired) electrons. The van der Waals surface area contributed by atoms with Gasteiger partial charge in [-0.05, 0) is 74.7 Å². The monoisotopic (exact) mass is 431 g/mol. The van der Waals surface area contributed by atoms with Gasteiger partial charge in [0.05, 0.1) is 0 Å². The number of nitrogens with one attached hydrogen (secondary N) is 1. The number of carbonyl (C=O) groups excluding carboxylic acids is 2. The molecule has 166 valence electrons. The van der Waals surface area contributed by atoms with E-state index in [0.717, 1.165) is 29.8 Å². The molecule has 0 atom stereocenters. The first kappa shape index (κ1) is 21.7. The number of aromatic nitrogens is 1. The molecule has 0 bridgehead atoms. The van der Waals surface area contributed by atoms with Crippen molar-refractivity contribution in [2.24, 2.45) is 0 Å². The molecule has 0 saturated carbocycles. The molecule has 0 aliphatic carbocycles. The number of carbonyl (C=O) groups is 2. The highest BCUT2D eigenvalue weighted by Crippen LogP contribution is 2.19. The van der Waals surface area contributed by atoms with Crippen LogP contribution in [0.15, 0.2) is 67.0 Å². The fourth-order valence-corrected chi connectivity index (χ4v) is 4.03.